The Labute approximate surface area is 242 Å². The van der Waals surface area contributed by atoms with Crippen LogP contribution >= 0.6 is 0 Å². The minimum Gasteiger partial charge on any atom is -0.370 e. The van der Waals surface area contributed by atoms with E-state index in [9.17, 15) is 8.42 Å². The number of rotatable bonds is 11. The molecule has 0 amide bonds. The first-order valence-corrected chi connectivity index (χ1v) is 15.7. The average Bonchev–Trinajstić information content (AvgIpc) is 2.95. The summed E-state index contributed by atoms with van der Waals surface area (Å²) in [7, 11) is -3.89. The third kappa shape index (κ3) is 8.02. The third-order valence-electron chi connectivity index (χ3n) is 7.32. The summed E-state index contributed by atoms with van der Waals surface area (Å²) in [6, 6.07) is 29.4. The third-order valence-corrected chi connectivity index (χ3v) is 7.90. The van der Waals surface area contributed by atoms with Crippen molar-refractivity contribution in [3.05, 3.63) is 108 Å². The summed E-state index contributed by atoms with van der Waals surface area (Å²) in [5.74, 6) is -1.33. The van der Waals surface area contributed by atoms with E-state index >= 15 is 0 Å². The molecule has 0 unspecified atom stereocenters. The lowest BCUT2D eigenvalue weighted by molar-refractivity contribution is -0.352. The van der Waals surface area contributed by atoms with Gasteiger partial charge in [0.05, 0.1) is 44.9 Å². The Kier molecular flexibility index (Phi) is 9.56. The Morgan fingerprint density at radius 1 is 0.683 bits per heavy atom. The maximum atomic E-state index is 12.6. The molecule has 1 saturated heterocycles. The molecular weight excluding hydrogens is 544 g/mol. The minimum absolute atomic E-state index is 0.225. The molecule has 1 heterocycles. The predicted octanol–water partition coefficient (Wildman–Crippen LogP) is 4.87. The van der Waals surface area contributed by atoms with E-state index in [0.29, 0.717) is 6.61 Å². The average molecular weight is 583 g/mol. The quantitative estimate of drug-likeness (QED) is 0.296. The molecule has 1 aliphatic heterocycles. The highest BCUT2D eigenvalue weighted by atomic mass is 32.2. The van der Waals surface area contributed by atoms with Gasteiger partial charge < -0.3 is 23.7 Å². The Hall–Kier alpha value is -2.63. The second kappa shape index (κ2) is 13.1. The smallest absolute Gasteiger partial charge is 0.264 e. The van der Waals surface area contributed by atoms with Crippen LogP contribution in [-0.4, -0.2) is 57.6 Å². The van der Waals surface area contributed by atoms with Gasteiger partial charge in [-0.3, -0.25) is 4.18 Å². The number of fused-ring (bicyclic) bond motifs is 1. The van der Waals surface area contributed by atoms with E-state index < -0.39 is 46.4 Å². The van der Waals surface area contributed by atoms with Gasteiger partial charge in [0.1, 0.15) is 18.3 Å². The highest BCUT2D eigenvalue weighted by Gasteiger charge is 2.58. The number of hydrogen-bond donors (Lipinski definition) is 0. The van der Waals surface area contributed by atoms with Gasteiger partial charge in [-0.2, -0.15) is 8.42 Å². The van der Waals surface area contributed by atoms with Crippen molar-refractivity contribution in [1.29, 1.82) is 0 Å². The van der Waals surface area contributed by atoms with Gasteiger partial charge in [0.25, 0.3) is 10.1 Å². The van der Waals surface area contributed by atoms with Gasteiger partial charge >= 0.3 is 0 Å². The molecule has 6 atom stereocenters. The summed E-state index contributed by atoms with van der Waals surface area (Å²) in [6.45, 7) is 4.71. The highest BCUT2D eigenvalue weighted by Crippen LogP contribution is 2.42. The number of ether oxygens (including phenoxy) is 5. The van der Waals surface area contributed by atoms with Crippen molar-refractivity contribution in [2.45, 2.75) is 70.0 Å². The Morgan fingerprint density at radius 2 is 1.10 bits per heavy atom. The SMILES string of the molecule is CC1(C)OC[C@@H]2[C@@H](OCc3ccccc3)[C@H](OCc3ccccc3)[C@@H](OCc3ccccc3)[C@@H](OS(C)(=O)=O)[C@@H]2O1. The fourth-order valence-corrected chi connectivity index (χ4v) is 6.07. The summed E-state index contributed by atoms with van der Waals surface area (Å²) < 4.78 is 63.1. The van der Waals surface area contributed by atoms with Crippen molar-refractivity contribution in [3.8, 4) is 0 Å². The van der Waals surface area contributed by atoms with Crippen LogP contribution < -0.4 is 0 Å². The topological polar surface area (TPSA) is 89.5 Å². The van der Waals surface area contributed by atoms with Crippen LogP contribution in [0.4, 0.5) is 0 Å². The lowest BCUT2D eigenvalue weighted by atomic mass is 9.77. The maximum absolute atomic E-state index is 12.6. The second-order valence-corrected chi connectivity index (χ2v) is 12.6. The molecule has 8 nitrogen and oxygen atoms in total. The molecule has 9 heteroatoms. The van der Waals surface area contributed by atoms with Gasteiger partial charge in [0, 0.05) is 5.92 Å². The molecule has 0 spiro atoms. The summed E-state index contributed by atoms with van der Waals surface area (Å²) >= 11 is 0. The van der Waals surface area contributed by atoms with Crippen LogP contribution in [0.3, 0.4) is 0 Å². The lowest BCUT2D eigenvalue weighted by Gasteiger charge is -2.53. The number of hydrogen-bond acceptors (Lipinski definition) is 8. The molecular formula is C32H38O8S. The largest absolute Gasteiger partial charge is 0.370 e. The van der Waals surface area contributed by atoms with E-state index in [1.807, 2.05) is 91.0 Å². The van der Waals surface area contributed by atoms with Gasteiger partial charge in [-0.05, 0) is 30.5 Å². The molecule has 5 rings (SSSR count). The van der Waals surface area contributed by atoms with Crippen LogP contribution in [0.2, 0.25) is 0 Å². The van der Waals surface area contributed by atoms with Crippen molar-refractivity contribution < 1.29 is 36.3 Å². The van der Waals surface area contributed by atoms with Crippen LogP contribution in [0.15, 0.2) is 91.0 Å². The molecule has 2 aliphatic rings. The molecule has 0 N–H and O–H groups in total. The molecule has 3 aromatic carbocycles. The molecule has 1 saturated carbocycles. The zero-order chi connectivity index (χ0) is 28.9. The first-order valence-electron chi connectivity index (χ1n) is 13.9. The molecule has 3 aromatic rings. The monoisotopic (exact) mass is 582 g/mol. The van der Waals surface area contributed by atoms with Crippen LogP contribution in [-0.2, 0) is 57.8 Å². The molecule has 0 aromatic heterocycles. The van der Waals surface area contributed by atoms with Crippen molar-refractivity contribution in [3.63, 3.8) is 0 Å². The van der Waals surface area contributed by atoms with Gasteiger partial charge in [-0.1, -0.05) is 91.0 Å². The Morgan fingerprint density at radius 3 is 1.54 bits per heavy atom. The highest BCUT2D eigenvalue weighted by molar-refractivity contribution is 7.86. The molecule has 1 aliphatic carbocycles. The predicted molar refractivity (Wildman–Crippen MR) is 153 cm³/mol. The molecule has 41 heavy (non-hydrogen) atoms. The fourth-order valence-electron chi connectivity index (χ4n) is 5.45. The minimum atomic E-state index is -3.89. The standard InChI is InChI=1S/C32H38O8S/c1-32(2)38-22-26-27(35-19-23-13-7-4-8-14-23)29(36-20-24-15-9-5-10-16-24)30(37-21-25-17-11-6-12-18-25)31(28(26)39-32)40-41(3,33)34/h4-18,26-31H,19-22H2,1-3H3/t26-,27-,28-,29+,30-,31+/m1/s1. The van der Waals surface area contributed by atoms with E-state index in [2.05, 4.69) is 0 Å². The van der Waals surface area contributed by atoms with E-state index in [4.69, 9.17) is 27.9 Å². The molecule has 220 valence electrons. The van der Waals surface area contributed by atoms with E-state index in [-0.39, 0.29) is 25.7 Å². The summed E-state index contributed by atoms with van der Waals surface area (Å²) in [6.07, 6.45) is -2.70. The van der Waals surface area contributed by atoms with Gasteiger partial charge in [-0.25, -0.2) is 0 Å². The van der Waals surface area contributed by atoms with Crippen molar-refractivity contribution in [2.75, 3.05) is 12.9 Å². The Balaban J connectivity index is 1.52. The van der Waals surface area contributed by atoms with Crippen LogP contribution in [0.25, 0.3) is 0 Å². The lowest BCUT2D eigenvalue weighted by Crippen LogP contribution is -2.68. The summed E-state index contributed by atoms with van der Waals surface area (Å²) in [5, 5.41) is 0. The maximum Gasteiger partial charge on any atom is 0.264 e. The first kappa shape index (κ1) is 29.8. The zero-order valence-electron chi connectivity index (χ0n) is 23.6. The Bertz CT molecular complexity index is 1330. The van der Waals surface area contributed by atoms with Crippen LogP contribution in [0.1, 0.15) is 30.5 Å². The van der Waals surface area contributed by atoms with E-state index in [1.54, 1.807) is 13.8 Å². The fraction of sp³-hybridized carbons (Fsp3) is 0.438. The molecule has 0 bridgehead atoms. The van der Waals surface area contributed by atoms with Crippen molar-refractivity contribution in [2.24, 2.45) is 5.92 Å². The number of benzene rings is 3. The normalized spacial score (nSPS) is 27.7. The summed E-state index contributed by atoms with van der Waals surface area (Å²) in [5.41, 5.74) is 2.90. The zero-order valence-corrected chi connectivity index (χ0v) is 24.4. The van der Waals surface area contributed by atoms with E-state index in [1.165, 1.54) is 0 Å². The van der Waals surface area contributed by atoms with Crippen molar-refractivity contribution in [1.82, 2.24) is 0 Å². The van der Waals surface area contributed by atoms with Gasteiger partial charge in [-0.15, -0.1) is 0 Å². The summed E-state index contributed by atoms with van der Waals surface area (Å²) in [4.78, 5) is 0. The molecule has 0 radical (unpaired) electrons. The second-order valence-electron chi connectivity index (χ2n) is 11.0. The van der Waals surface area contributed by atoms with Gasteiger partial charge in [0.15, 0.2) is 5.79 Å². The van der Waals surface area contributed by atoms with Crippen LogP contribution in [0.5, 0.6) is 0 Å². The van der Waals surface area contributed by atoms with Gasteiger partial charge in [0.2, 0.25) is 0 Å². The van der Waals surface area contributed by atoms with Crippen LogP contribution in [0, 0.1) is 5.92 Å². The van der Waals surface area contributed by atoms with E-state index in [0.717, 1.165) is 22.9 Å². The first-order chi connectivity index (χ1) is 19.7. The molecule has 2 fully saturated rings. The van der Waals surface area contributed by atoms with Crippen molar-refractivity contribution >= 4 is 10.1 Å².